The van der Waals surface area contributed by atoms with E-state index in [9.17, 15) is 14.8 Å². The van der Waals surface area contributed by atoms with Crippen LogP contribution in [-0.4, -0.2) is 47.3 Å². The monoisotopic (exact) mass is 292 g/mol. The standard InChI is InChI=1S/C11H12N6O4/c1-14-9(13-21-11(14)19)8-7-5(3-12-15(7)2)6-4-16(8)10(18)17(6)20/h3,6,8,20H,4H2,1-2H3/t6-,8-/m0/s1. The van der Waals surface area contributed by atoms with Gasteiger partial charge in [-0.3, -0.25) is 19.0 Å². The Bertz CT molecular complexity index is 804. The third kappa shape index (κ3) is 1.34. The van der Waals surface area contributed by atoms with Crippen molar-refractivity contribution in [3.8, 4) is 0 Å². The highest BCUT2D eigenvalue weighted by molar-refractivity contribution is 5.78. The quantitative estimate of drug-likeness (QED) is 0.701. The summed E-state index contributed by atoms with van der Waals surface area (Å²) in [5, 5.41) is 18.6. The van der Waals surface area contributed by atoms with E-state index in [0.29, 0.717) is 23.1 Å². The molecule has 2 atom stereocenters. The average Bonchev–Trinajstić information content (AvgIpc) is 3.08. The second-order valence-electron chi connectivity index (χ2n) is 5.17. The lowest BCUT2D eigenvalue weighted by atomic mass is 9.97. The molecule has 4 heterocycles. The molecule has 4 rings (SSSR count). The lowest BCUT2D eigenvalue weighted by Crippen LogP contribution is -2.37. The van der Waals surface area contributed by atoms with Gasteiger partial charge in [-0.25, -0.2) is 9.59 Å². The topological polar surface area (TPSA) is 110 Å². The molecule has 0 radical (unpaired) electrons. The average molecular weight is 292 g/mol. The minimum absolute atomic E-state index is 0.298. The van der Waals surface area contributed by atoms with Crippen molar-refractivity contribution in [2.75, 3.05) is 6.54 Å². The minimum Gasteiger partial charge on any atom is -0.304 e. The van der Waals surface area contributed by atoms with Crippen molar-refractivity contribution in [1.82, 2.24) is 29.5 Å². The molecular weight excluding hydrogens is 280 g/mol. The number of hydroxylamine groups is 2. The fourth-order valence-corrected chi connectivity index (χ4v) is 3.05. The highest BCUT2D eigenvalue weighted by Crippen LogP contribution is 2.44. The zero-order chi connectivity index (χ0) is 14.9. The number of urea groups is 1. The Kier molecular flexibility index (Phi) is 2.15. The molecule has 2 amide bonds. The van der Waals surface area contributed by atoms with E-state index in [4.69, 9.17) is 0 Å². The van der Waals surface area contributed by atoms with Crippen molar-refractivity contribution in [3.05, 3.63) is 33.8 Å². The molecule has 110 valence electrons. The van der Waals surface area contributed by atoms with Crippen LogP contribution in [0.2, 0.25) is 0 Å². The van der Waals surface area contributed by atoms with E-state index in [2.05, 4.69) is 14.8 Å². The molecule has 0 saturated carbocycles. The number of carbonyl (C=O) groups is 1. The van der Waals surface area contributed by atoms with E-state index in [1.54, 1.807) is 17.9 Å². The first-order chi connectivity index (χ1) is 10.0. The lowest BCUT2D eigenvalue weighted by molar-refractivity contribution is -0.0586. The molecule has 0 aliphatic carbocycles. The Hall–Kier alpha value is -2.62. The molecule has 0 spiro atoms. The van der Waals surface area contributed by atoms with Gasteiger partial charge in [-0.05, 0) is 0 Å². The smallest absolute Gasteiger partial charge is 0.304 e. The van der Waals surface area contributed by atoms with Gasteiger partial charge in [0, 0.05) is 19.7 Å². The third-order valence-electron chi connectivity index (χ3n) is 4.13. The van der Waals surface area contributed by atoms with Gasteiger partial charge in [0.1, 0.15) is 12.1 Å². The summed E-state index contributed by atoms with van der Waals surface area (Å²) >= 11 is 0. The van der Waals surface area contributed by atoms with E-state index in [-0.39, 0.29) is 0 Å². The zero-order valence-electron chi connectivity index (χ0n) is 11.3. The van der Waals surface area contributed by atoms with Crippen molar-refractivity contribution in [2.24, 2.45) is 14.1 Å². The highest BCUT2D eigenvalue weighted by atomic mass is 16.5. The first-order valence-electron chi connectivity index (χ1n) is 6.33. The molecule has 2 aromatic heterocycles. The fourth-order valence-electron chi connectivity index (χ4n) is 3.05. The fraction of sp³-hybridized carbons (Fsp3) is 0.455. The number of aromatic nitrogens is 4. The minimum atomic E-state index is -0.621. The summed E-state index contributed by atoms with van der Waals surface area (Å²) in [7, 11) is 3.26. The number of rotatable bonds is 1. The first-order valence-corrected chi connectivity index (χ1v) is 6.33. The molecule has 2 aliphatic heterocycles. The summed E-state index contributed by atoms with van der Waals surface area (Å²) in [5.74, 6) is -0.310. The SMILES string of the molecule is Cn1ncc2c1[C@@H](c1noc(=O)n1C)N1C[C@@H]2N(O)C1=O. The maximum Gasteiger partial charge on any atom is 0.441 e. The molecule has 21 heavy (non-hydrogen) atoms. The molecule has 0 aromatic carbocycles. The summed E-state index contributed by atoms with van der Waals surface area (Å²) in [5.41, 5.74) is 1.45. The molecular formula is C11H12N6O4. The van der Waals surface area contributed by atoms with Gasteiger partial charge < -0.3 is 4.90 Å². The van der Waals surface area contributed by atoms with Crippen LogP contribution in [0.1, 0.15) is 29.2 Å². The van der Waals surface area contributed by atoms with Gasteiger partial charge in [0.05, 0.1) is 18.4 Å². The number of nitrogens with zero attached hydrogens (tertiary/aromatic N) is 6. The number of carbonyl (C=O) groups excluding carboxylic acids is 1. The summed E-state index contributed by atoms with van der Waals surface area (Å²) in [4.78, 5) is 25.2. The summed E-state index contributed by atoms with van der Waals surface area (Å²) in [6, 6.07) is -1.61. The number of amides is 2. The molecule has 1 fully saturated rings. The number of hydrogen-bond acceptors (Lipinski definition) is 6. The van der Waals surface area contributed by atoms with Gasteiger partial charge in [0.25, 0.3) is 0 Å². The Morgan fingerprint density at radius 1 is 1.38 bits per heavy atom. The first kappa shape index (κ1) is 12.1. The zero-order valence-corrected chi connectivity index (χ0v) is 11.3. The Morgan fingerprint density at radius 2 is 2.14 bits per heavy atom. The van der Waals surface area contributed by atoms with E-state index >= 15 is 0 Å². The van der Waals surface area contributed by atoms with Crippen molar-refractivity contribution in [1.29, 1.82) is 0 Å². The molecule has 0 unspecified atom stereocenters. The third-order valence-corrected chi connectivity index (χ3v) is 4.13. The van der Waals surface area contributed by atoms with Crippen molar-refractivity contribution >= 4 is 6.03 Å². The van der Waals surface area contributed by atoms with Crippen LogP contribution in [0.4, 0.5) is 4.79 Å². The highest BCUT2D eigenvalue weighted by Gasteiger charge is 2.51. The largest absolute Gasteiger partial charge is 0.441 e. The summed E-state index contributed by atoms with van der Waals surface area (Å²) in [6.45, 7) is 0.305. The molecule has 10 nitrogen and oxygen atoms in total. The molecule has 2 aliphatic rings. The Morgan fingerprint density at radius 3 is 2.81 bits per heavy atom. The van der Waals surface area contributed by atoms with Crippen LogP contribution in [0.3, 0.4) is 0 Å². The maximum absolute atomic E-state index is 12.2. The van der Waals surface area contributed by atoms with Crippen molar-refractivity contribution < 1.29 is 14.5 Å². The van der Waals surface area contributed by atoms with Gasteiger partial charge >= 0.3 is 11.8 Å². The molecule has 2 bridgehead atoms. The predicted molar refractivity (Wildman–Crippen MR) is 65.3 cm³/mol. The van der Waals surface area contributed by atoms with E-state index < -0.39 is 23.9 Å². The van der Waals surface area contributed by atoms with Crippen LogP contribution < -0.4 is 5.76 Å². The summed E-state index contributed by atoms with van der Waals surface area (Å²) in [6.07, 6.45) is 1.62. The van der Waals surface area contributed by atoms with Crippen LogP contribution in [0.15, 0.2) is 15.5 Å². The lowest BCUT2D eigenvalue weighted by Gasteiger charge is -2.29. The molecule has 1 saturated heterocycles. The normalized spacial score (nSPS) is 23.9. The number of aryl methyl sites for hydroxylation is 1. The Balaban J connectivity index is 1.98. The van der Waals surface area contributed by atoms with Gasteiger partial charge in [-0.1, -0.05) is 5.16 Å². The molecule has 10 heteroatoms. The van der Waals surface area contributed by atoms with Gasteiger partial charge in [-0.2, -0.15) is 10.2 Å². The second kappa shape index (κ2) is 3.73. The van der Waals surface area contributed by atoms with Crippen molar-refractivity contribution in [2.45, 2.75) is 12.1 Å². The van der Waals surface area contributed by atoms with Gasteiger partial charge in [0.2, 0.25) is 0 Å². The number of fused-ring (bicyclic) bond motifs is 4. The van der Waals surface area contributed by atoms with Crippen LogP contribution >= 0.6 is 0 Å². The van der Waals surface area contributed by atoms with E-state index in [1.807, 2.05) is 0 Å². The Labute approximate surface area is 117 Å². The van der Waals surface area contributed by atoms with Crippen LogP contribution in [-0.2, 0) is 14.1 Å². The number of hydrogen-bond donors (Lipinski definition) is 1. The second-order valence-corrected chi connectivity index (χ2v) is 5.17. The van der Waals surface area contributed by atoms with E-state index in [1.165, 1.54) is 16.5 Å². The predicted octanol–water partition coefficient (Wildman–Crippen LogP) is -0.622. The van der Waals surface area contributed by atoms with Crippen LogP contribution in [0, 0.1) is 0 Å². The maximum atomic E-state index is 12.2. The summed E-state index contributed by atoms with van der Waals surface area (Å²) < 4.78 is 7.52. The van der Waals surface area contributed by atoms with Crippen molar-refractivity contribution in [3.63, 3.8) is 0 Å². The van der Waals surface area contributed by atoms with Crippen LogP contribution in [0.25, 0.3) is 0 Å². The molecule has 2 aromatic rings. The molecule has 1 N–H and O–H groups in total. The van der Waals surface area contributed by atoms with Crippen LogP contribution in [0.5, 0.6) is 0 Å². The van der Waals surface area contributed by atoms with E-state index in [0.717, 1.165) is 5.56 Å². The van der Waals surface area contributed by atoms with Gasteiger partial charge in [0.15, 0.2) is 5.82 Å². The van der Waals surface area contributed by atoms with Gasteiger partial charge in [-0.15, -0.1) is 0 Å².